The number of ether oxygens (including phenoxy) is 2. The molecule has 1 aliphatic heterocycles. The fourth-order valence-electron chi connectivity index (χ4n) is 2.72. The predicted octanol–water partition coefficient (Wildman–Crippen LogP) is 2.69. The van der Waals surface area contributed by atoms with Gasteiger partial charge in [-0.05, 0) is 37.1 Å². The highest BCUT2D eigenvalue weighted by molar-refractivity contribution is 5.86. The summed E-state index contributed by atoms with van der Waals surface area (Å²) in [6.07, 6.45) is 0.593. The third-order valence-electron chi connectivity index (χ3n) is 3.71. The fourth-order valence-corrected chi connectivity index (χ4v) is 2.72. The van der Waals surface area contributed by atoms with Gasteiger partial charge in [-0.15, -0.1) is 0 Å². The summed E-state index contributed by atoms with van der Waals surface area (Å²) >= 11 is 0. The molecule has 20 heavy (non-hydrogen) atoms. The lowest BCUT2D eigenvalue weighted by Crippen LogP contribution is -2.36. The van der Waals surface area contributed by atoms with E-state index in [1.807, 2.05) is 25.1 Å². The number of nitrogens with one attached hydrogen (secondary N) is 1. The molecule has 0 unspecified atom stereocenters. The SMILES string of the molecule is CCOC(=O)N1CCc2c([nH]c3ccc(OC)cc23)C1. The van der Waals surface area contributed by atoms with Crippen LogP contribution >= 0.6 is 0 Å². The Kier molecular flexibility index (Phi) is 3.26. The van der Waals surface area contributed by atoms with Crippen LogP contribution < -0.4 is 4.74 Å². The third kappa shape index (κ3) is 2.09. The first-order valence-corrected chi connectivity index (χ1v) is 6.82. The van der Waals surface area contributed by atoms with Crippen LogP contribution in [-0.4, -0.2) is 36.2 Å². The molecule has 2 heterocycles. The van der Waals surface area contributed by atoms with E-state index in [1.54, 1.807) is 12.0 Å². The Morgan fingerprint density at radius 3 is 3.05 bits per heavy atom. The number of aromatic amines is 1. The average Bonchev–Trinajstić information content (AvgIpc) is 2.84. The largest absolute Gasteiger partial charge is 0.497 e. The molecule has 3 rings (SSSR count). The molecule has 0 spiro atoms. The van der Waals surface area contributed by atoms with Crippen molar-refractivity contribution in [3.63, 3.8) is 0 Å². The van der Waals surface area contributed by atoms with Crippen LogP contribution in [0.4, 0.5) is 4.79 Å². The highest BCUT2D eigenvalue weighted by Gasteiger charge is 2.24. The third-order valence-corrected chi connectivity index (χ3v) is 3.71. The molecule has 2 aromatic rings. The smallest absolute Gasteiger partial charge is 0.410 e. The maximum atomic E-state index is 11.8. The van der Waals surface area contributed by atoms with E-state index in [1.165, 1.54) is 10.9 Å². The molecule has 106 valence electrons. The van der Waals surface area contributed by atoms with Crippen molar-refractivity contribution in [3.8, 4) is 5.75 Å². The van der Waals surface area contributed by atoms with Gasteiger partial charge in [-0.1, -0.05) is 0 Å². The van der Waals surface area contributed by atoms with Crippen molar-refractivity contribution in [2.45, 2.75) is 19.9 Å². The lowest BCUT2D eigenvalue weighted by Gasteiger charge is -2.26. The quantitative estimate of drug-likeness (QED) is 0.916. The summed E-state index contributed by atoms with van der Waals surface area (Å²) in [5.74, 6) is 0.854. The lowest BCUT2D eigenvalue weighted by atomic mass is 10.0. The molecule has 1 aromatic carbocycles. The van der Waals surface area contributed by atoms with Gasteiger partial charge in [-0.25, -0.2) is 4.79 Å². The summed E-state index contributed by atoms with van der Waals surface area (Å²) in [5, 5.41) is 1.18. The summed E-state index contributed by atoms with van der Waals surface area (Å²) in [6, 6.07) is 6.00. The Balaban J connectivity index is 1.93. The molecule has 1 N–H and O–H groups in total. The van der Waals surface area contributed by atoms with Crippen LogP contribution in [-0.2, 0) is 17.7 Å². The van der Waals surface area contributed by atoms with Crippen molar-refractivity contribution in [2.24, 2.45) is 0 Å². The summed E-state index contributed by atoms with van der Waals surface area (Å²) in [7, 11) is 1.67. The number of aromatic nitrogens is 1. The zero-order valence-electron chi connectivity index (χ0n) is 11.7. The van der Waals surface area contributed by atoms with Gasteiger partial charge in [0.2, 0.25) is 0 Å². The number of hydrogen-bond donors (Lipinski definition) is 1. The minimum atomic E-state index is -0.241. The van der Waals surface area contributed by atoms with Crippen LogP contribution in [0.15, 0.2) is 18.2 Å². The average molecular weight is 274 g/mol. The second-order valence-corrected chi connectivity index (χ2v) is 4.86. The number of hydrogen-bond acceptors (Lipinski definition) is 3. The molecule has 5 heteroatoms. The van der Waals surface area contributed by atoms with Crippen LogP contribution in [0.25, 0.3) is 10.9 Å². The first kappa shape index (κ1) is 12.8. The Labute approximate surface area is 117 Å². The monoisotopic (exact) mass is 274 g/mol. The molecule has 0 saturated heterocycles. The number of amides is 1. The normalized spacial score (nSPS) is 14.2. The van der Waals surface area contributed by atoms with Gasteiger partial charge < -0.3 is 19.4 Å². The van der Waals surface area contributed by atoms with Crippen molar-refractivity contribution < 1.29 is 14.3 Å². The molecule has 0 fully saturated rings. The van der Waals surface area contributed by atoms with Crippen LogP contribution in [0, 0.1) is 0 Å². The maximum Gasteiger partial charge on any atom is 0.410 e. The molecule has 0 saturated carbocycles. The highest BCUT2D eigenvalue weighted by Crippen LogP contribution is 2.30. The van der Waals surface area contributed by atoms with Crippen molar-refractivity contribution in [3.05, 3.63) is 29.5 Å². The van der Waals surface area contributed by atoms with E-state index in [2.05, 4.69) is 4.98 Å². The van der Waals surface area contributed by atoms with Crippen LogP contribution in [0.3, 0.4) is 0 Å². The molecule has 0 atom stereocenters. The molecule has 0 bridgehead atoms. The molecule has 5 nitrogen and oxygen atoms in total. The van der Waals surface area contributed by atoms with Crippen LogP contribution in [0.1, 0.15) is 18.2 Å². The highest BCUT2D eigenvalue weighted by atomic mass is 16.6. The minimum absolute atomic E-state index is 0.241. The van der Waals surface area contributed by atoms with E-state index in [9.17, 15) is 4.79 Å². The van der Waals surface area contributed by atoms with E-state index in [0.29, 0.717) is 19.7 Å². The zero-order chi connectivity index (χ0) is 14.1. The van der Waals surface area contributed by atoms with Crippen LogP contribution in [0.2, 0.25) is 0 Å². The first-order valence-electron chi connectivity index (χ1n) is 6.82. The Bertz CT molecular complexity index is 648. The van der Waals surface area contributed by atoms with E-state index in [0.717, 1.165) is 23.4 Å². The molecular weight excluding hydrogens is 256 g/mol. The zero-order valence-corrected chi connectivity index (χ0v) is 11.7. The number of benzene rings is 1. The van der Waals surface area contributed by atoms with Crippen molar-refractivity contribution in [2.75, 3.05) is 20.3 Å². The summed E-state index contributed by atoms with van der Waals surface area (Å²) in [6.45, 7) is 3.50. The predicted molar refractivity (Wildman–Crippen MR) is 76.0 cm³/mol. The van der Waals surface area contributed by atoms with Gasteiger partial charge >= 0.3 is 6.09 Å². The molecule has 1 aliphatic rings. The fraction of sp³-hybridized carbons (Fsp3) is 0.400. The molecule has 1 aromatic heterocycles. The van der Waals surface area contributed by atoms with Gasteiger partial charge in [0.25, 0.3) is 0 Å². The van der Waals surface area contributed by atoms with Gasteiger partial charge in [0.1, 0.15) is 5.75 Å². The standard InChI is InChI=1S/C15H18N2O3/c1-3-20-15(18)17-7-6-11-12-8-10(19-2)4-5-13(12)16-14(11)9-17/h4-5,8,16H,3,6-7,9H2,1-2H3. The Morgan fingerprint density at radius 2 is 2.30 bits per heavy atom. The lowest BCUT2D eigenvalue weighted by molar-refractivity contribution is 0.102. The van der Waals surface area contributed by atoms with Crippen molar-refractivity contribution in [1.29, 1.82) is 0 Å². The number of nitrogens with zero attached hydrogens (tertiary/aromatic N) is 1. The van der Waals surface area contributed by atoms with Crippen molar-refractivity contribution >= 4 is 17.0 Å². The van der Waals surface area contributed by atoms with Gasteiger partial charge in [-0.3, -0.25) is 0 Å². The Hall–Kier alpha value is -2.17. The van der Waals surface area contributed by atoms with Crippen LogP contribution in [0.5, 0.6) is 5.75 Å². The number of fused-ring (bicyclic) bond motifs is 3. The topological polar surface area (TPSA) is 54.6 Å². The molecule has 1 amide bonds. The summed E-state index contributed by atoms with van der Waals surface area (Å²) in [4.78, 5) is 16.9. The van der Waals surface area contributed by atoms with E-state index < -0.39 is 0 Å². The number of carbonyl (C=O) groups is 1. The van der Waals surface area contributed by atoms with Gasteiger partial charge in [0.15, 0.2) is 0 Å². The first-order chi connectivity index (χ1) is 9.72. The molecular formula is C15H18N2O3. The molecule has 0 radical (unpaired) electrons. The maximum absolute atomic E-state index is 11.8. The second-order valence-electron chi connectivity index (χ2n) is 4.86. The summed E-state index contributed by atoms with van der Waals surface area (Å²) in [5.41, 5.74) is 3.45. The number of methoxy groups -OCH3 is 1. The van der Waals surface area contributed by atoms with Gasteiger partial charge in [-0.2, -0.15) is 0 Å². The second kappa shape index (κ2) is 5.07. The molecule has 0 aliphatic carbocycles. The number of rotatable bonds is 2. The number of H-pyrrole nitrogens is 1. The van der Waals surface area contributed by atoms with Gasteiger partial charge in [0, 0.05) is 23.1 Å². The van der Waals surface area contributed by atoms with E-state index in [-0.39, 0.29) is 6.09 Å². The summed E-state index contributed by atoms with van der Waals surface area (Å²) < 4.78 is 10.3. The van der Waals surface area contributed by atoms with Crippen molar-refractivity contribution in [1.82, 2.24) is 9.88 Å². The van der Waals surface area contributed by atoms with E-state index >= 15 is 0 Å². The van der Waals surface area contributed by atoms with E-state index in [4.69, 9.17) is 9.47 Å². The Morgan fingerprint density at radius 1 is 1.45 bits per heavy atom. The van der Waals surface area contributed by atoms with Gasteiger partial charge in [0.05, 0.1) is 20.3 Å². The minimum Gasteiger partial charge on any atom is -0.497 e. The number of carbonyl (C=O) groups excluding carboxylic acids is 1.